The minimum Gasteiger partial charge on any atom is -0.456 e. The molecule has 3 rings (SSSR count). The van der Waals surface area contributed by atoms with Crippen LogP contribution in [0.15, 0.2) is 46.9 Å². The van der Waals surface area contributed by atoms with Crippen molar-refractivity contribution in [3.05, 3.63) is 48.0 Å². The van der Waals surface area contributed by atoms with Crippen molar-refractivity contribution in [1.29, 1.82) is 0 Å². The Kier molecular flexibility index (Phi) is 5.90. The van der Waals surface area contributed by atoms with Crippen molar-refractivity contribution in [1.82, 2.24) is 0 Å². The molecule has 1 heterocycles. The van der Waals surface area contributed by atoms with Crippen LogP contribution in [0.2, 0.25) is 0 Å². The van der Waals surface area contributed by atoms with Gasteiger partial charge in [0.15, 0.2) is 12.6 Å². The Hall–Kier alpha value is -2.58. The molecule has 0 aliphatic carbocycles. The Bertz CT molecular complexity index is 949. The van der Waals surface area contributed by atoms with Gasteiger partial charge in [-0.15, -0.1) is 0 Å². The van der Waals surface area contributed by atoms with E-state index in [9.17, 15) is 20.4 Å². The third-order valence-corrected chi connectivity index (χ3v) is 4.76. The van der Waals surface area contributed by atoms with Crippen LogP contribution in [0.4, 0.5) is 11.4 Å². The Balaban J connectivity index is 1.92. The number of hydrogen-bond donors (Lipinski definition) is 5. The van der Waals surface area contributed by atoms with E-state index in [1.807, 2.05) is 49.3 Å². The minimum absolute atomic E-state index is 0.273. The van der Waals surface area contributed by atoms with Gasteiger partial charge in [0.05, 0.1) is 0 Å². The second-order valence-corrected chi connectivity index (χ2v) is 7.17. The average molecular weight is 386 g/mol. The van der Waals surface area contributed by atoms with Crippen molar-refractivity contribution < 1.29 is 24.8 Å². The number of furan rings is 1. The molecule has 0 fully saturated rings. The molecule has 1 atom stereocenters. The first-order chi connectivity index (χ1) is 13.3. The van der Waals surface area contributed by atoms with Gasteiger partial charge < -0.3 is 35.1 Å². The highest BCUT2D eigenvalue weighted by Crippen LogP contribution is 2.33. The molecule has 0 aliphatic rings. The smallest absolute Gasteiger partial charge is 0.180 e. The summed E-state index contributed by atoms with van der Waals surface area (Å²) in [5, 5.41) is 41.9. The maximum atomic E-state index is 9.77. The van der Waals surface area contributed by atoms with Gasteiger partial charge in [-0.05, 0) is 36.4 Å². The summed E-state index contributed by atoms with van der Waals surface area (Å²) in [6.07, 6.45) is -3.13. The van der Waals surface area contributed by atoms with E-state index in [2.05, 4.69) is 5.32 Å². The van der Waals surface area contributed by atoms with Crippen LogP contribution in [-0.4, -0.2) is 47.4 Å². The highest BCUT2D eigenvalue weighted by molar-refractivity contribution is 5.86. The second kappa shape index (κ2) is 8.20. The largest absolute Gasteiger partial charge is 0.456 e. The molecule has 0 amide bonds. The molecule has 0 saturated heterocycles. The topological polar surface area (TPSA) is 109 Å². The monoisotopic (exact) mass is 386 g/mol. The van der Waals surface area contributed by atoms with Crippen LogP contribution in [0.1, 0.15) is 18.8 Å². The number of nitrogens with one attached hydrogen (secondary N) is 1. The van der Waals surface area contributed by atoms with Crippen LogP contribution in [0.5, 0.6) is 0 Å². The normalized spacial score (nSPS) is 12.8. The lowest BCUT2D eigenvalue weighted by Gasteiger charge is -2.18. The van der Waals surface area contributed by atoms with Gasteiger partial charge in [-0.1, -0.05) is 6.92 Å². The molecule has 0 saturated carbocycles. The van der Waals surface area contributed by atoms with E-state index >= 15 is 0 Å². The van der Waals surface area contributed by atoms with E-state index in [0.29, 0.717) is 17.0 Å². The summed E-state index contributed by atoms with van der Waals surface area (Å²) < 4.78 is 5.97. The van der Waals surface area contributed by atoms with E-state index in [4.69, 9.17) is 4.42 Å². The van der Waals surface area contributed by atoms with Crippen molar-refractivity contribution in [3.63, 3.8) is 0 Å². The van der Waals surface area contributed by atoms with Crippen molar-refractivity contribution >= 4 is 22.3 Å². The fourth-order valence-corrected chi connectivity index (χ4v) is 2.91. The summed E-state index contributed by atoms with van der Waals surface area (Å²) in [6.45, 7) is 1.95. The van der Waals surface area contributed by atoms with Crippen LogP contribution in [0.25, 0.3) is 22.3 Å². The van der Waals surface area contributed by atoms with Gasteiger partial charge >= 0.3 is 0 Å². The van der Waals surface area contributed by atoms with E-state index in [-0.39, 0.29) is 12.1 Å². The summed E-state index contributed by atoms with van der Waals surface area (Å²) in [5.74, 6) is 0.211. The Morgan fingerprint density at radius 2 is 1.75 bits per heavy atom. The number of aliphatic hydroxyl groups excluding tert-OH is 2. The lowest BCUT2D eigenvalue weighted by molar-refractivity contribution is -0.0745. The number of nitrogens with zero attached hydrogens (tertiary/aromatic N) is 1. The SMILES string of the molecule is CC(CNc1ccc(-c2cc3ccc(N(C)C)cc3o2)cc1C(O)O)C(O)O. The van der Waals surface area contributed by atoms with Crippen LogP contribution >= 0.6 is 0 Å². The molecule has 7 nitrogen and oxygen atoms in total. The molecular formula is C21H26N2O5. The van der Waals surface area contributed by atoms with Crippen LogP contribution in [0, 0.1) is 5.92 Å². The molecule has 3 aromatic rings. The van der Waals surface area contributed by atoms with Crippen molar-refractivity contribution in [2.24, 2.45) is 5.92 Å². The number of hydrogen-bond acceptors (Lipinski definition) is 7. The van der Waals surface area contributed by atoms with Gasteiger partial charge in [-0.2, -0.15) is 0 Å². The first-order valence-electron chi connectivity index (χ1n) is 9.07. The quantitative estimate of drug-likeness (QED) is 0.397. The molecule has 150 valence electrons. The summed E-state index contributed by atoms with van der Waals surface area (Å²) >= 11 is 0. The van der Waals surface area contributed by atoms with Gasteiger partial charge in [0, 0.05) is 60.5 Å². The third kappa shape index (κ3) is 4.28. The van der Waals surface area contributed by atoms with Gasteiger partial charge in [-0.3, -0.25) is 0 Å². The maximum Gasteiger partial charge on any atom is 0.180 e. The summed E-state index contributed by atoms with van der Waals surface area (Å²) in [7, 11) is 3.92. The van der Waals surface area contributed by atoms with Crippen LogP contribution in [-0.2, 0) is 0 Å². The van der Waals surface area contributed by atoms with E-state index in [1.165, 1.54) is 0 Å². The fraction of sp³-hybridized carbons (Fsp3) is 0.333. The highest BCUT2D eigenvalue weighted by Gasteiger charge is 2.16. The number of anilines is 2. The number of rotatable bonds is 7. The van der Waals surface area contributed by atoms with E-state index in [0.717, 1.165) is 16.7 Å². The highest BCUT2D eigenvalue weighted by atomic mass is 16.5. The Morgan fingerprint density at radius 3 is 2.39 bits per heavy atom. The lowest BCUT2D eigenvalue weighted by Crippen LogP contribution is -2.24. The van der Waals surface area contributed by atoms with Gasteiger partial charge in [0.1, 0.15) is 11.3 Å². The second-order valence-electron chi connectivity index (χ2n) is 7.17. The van der Waals surface area contributed by atoms with Crippen LogP contribution in [0.3, 0.4) is 0 Å². The van der Waals surface area contributed by atoms with Crippen LogP contribution < -0.4 is 10.2 Å². The zero-order valence-electron chi connectivity index (χ0n) is 16.1. The van der Waals surface area contributed by atoms with E-state index < -0.39 is 18.5 Å². The molecule has 0 bridgehead atoms. The third-order valence-electron chi connectivity index (χ3n) is 4.76. The predicted molar refractivity (Wildman–Crippen MR) is 109 cm³/mol. The molecule has 0 spiro atoms. The standard InChI is InChI=1S/C21H26N2O5/c1-12(20(24)25)11-22-17-7-5-13(8-16(17)21(26)27)18-9-14-4-6-15(23(2)3)10-19(14)28-18/h4-10,12,20-22,24-27H,11H2,1-3H3. The van der Waals surface area contributed by atoms with E-state index in [1.54, 1.807) is 19.1 Å². The van der Waals surface area contributed by atoms with Crippen molar-refractivity contribution in [3.8, 4) is 11.3 Å². The molecule has 5 N–H and O–H groups in total. The first-order valence-corrected chi connectivity index (χ1v) is 9.07. The van der Waals surface area contributed by atoms with Crippen molar-refractivity contribution in [2.45, 2.75) is 19.5 Å². The zero-order valence-corrected chi connectivity index (χ0v) is 16.1. The molecule has 1 aromatic heterocycles. The molecule has 0 radical (unpaired) electrons. The van der Waals surface area contributed by atoms with Gasteiger partial charge in [0.25, 0.3) is 0 Å². The lowest BCUT2D eigenvalue weighted by atomic mass is 10.0. The van der Waals surface area contributed by atoms with Gasteiger partial charge in [-0.25, -0.2) is 0 Å². The predicted octanol–water partition coefficient (Wildman–Crippen LogP) is 2.51. The number of benzene rings is 2. The molecule has 1 unspecified atom stereocenters. The fourth-order valence-electron chi connectivity index (χ4n) is 2.91. The first kappa shape index (κ1) is 20.2. The van der Waals surface area contributed by atoms with Crippen molar-refractivity contribution in [2.75, 3.05) is 30.9 Å². The molecule has 2 aromatic carbocycles. The average Bonchev–Trinajstić information content (AvgIpc) is 3.08. The zero-order chi connectivity index (χ0) is 20.4. The minimum atomic E-state index is -1.68. The summed E-state index contributed by atoms with van der Waals surface area (Å²) in [6, 6.07) is 13.0. The van der Waals surface area contributed by atoms with Gasteiger partial charge in [0.2, 0.25) is 0 Å². The number of aliphatic hydroxyl groups is 4. The maximum absolute atomic E-state index is 9.77. The number of fused-ring (bicyclic) bond motifs is 1. The molecular weight excluding hydrogens is 360 g/mol. The summed E-state index contributed by atoms with van der Waals surface area (Å²) in [5.41, 5.74) is 3.29. The Labute approximate surface area is 163 Å². The molecule has 7 heteroatoms. The Morgan fingerprint density at radius 1 is 1.00 bits per heavy atom. The summed E-state index contributed by atoms with van der Waals surface area (Å²) in [4.78, 5) is 1.99. The molecule has 28 heavy (non-hydrogen) atoms. The molecule has 0 aliphatic heterocycles.